The fraction of sp³-hybridized carbons (Fsp3) is 0.320. The molecule has 0 spiro atoms. The zero-order valence-corrected chi connectivity index (χ0v) is 18.2. The Hall–Kier alpha value is -3.28. The molecule has 2 aromatic carbocycles. The van der Waals surface area contributed by atoms with Gasteiger partial charge in [0.15, 0.2) is 11.6 Å². The number of carbonyl (C=O) groups is 1. The van der Waals surface area contributed by atoms with Gasteiger partial charge in [-0.3, -0.25) is 4.79 Å². The highest BCUT2D eigenvalue weighted by Crippen LogP contribution is 2.46. The number of fused-ring (bicyclic) bond motifs is 1. The standard InChI is InChI=1S/C25H25FN4O/c1-14-9-10-16(11-15(14)2)23-28-24-27-19-12-25(3,4)13-20(31)21(19)22(30(24)29-23)17-7-5-6-8-18(17)26/h5-11,22H,12-13H2,1-4H3,(H,27,28,29). The molecule has 2 aliphatic rings. The Morgan fingerprint density at radius 3 is 2.61 bits per heavy atom. The average Bonchev–Trinajstić information content (AvgIpc) is 3.12. The van der Waals surface area contributed by atoms with Crippen molar-refractivity contribution in [3.8, 4) is 11.4 Å². The van der Waals surface area contributed by atoms with Crippen molar-refractivity contribution in [3.63, 3.8) is 0 Å². The lowest BCUT2D eigenvalue weighted by atomic mass is 9.73. The van der Waals surface area contributed by atoms with Crippen LogP contribution in [0.15, 0.2) is 53.7 Å². The van der Waals surface area contributed by atoms with Gasteiger partial charge < -0.3 is 5.32 Å². The van der Waals surface area contributed by atoms with Gasteiger partial charge in [-0.2, -0.15) is 4.98 Å². The molecule has 5 nitrogen and oxygen atoms in total. The third-order valence-electron chi connectivity index (χ3n) is 6.30. The summed E-state index contributed by atoms with van der Waals surface area (Å²) in [5.74, 6) is 0.762. The van der Waals surface area contributed by atoms with Crippen molar-refractivity contribution < 1.29 is 9.18 Å². The second-order valence-electron chi connectivity index (χ2n) is 9.38. The smallest absolute Gasteiger partial charge is 0.226 e. The molecule has 3 aromatic rings. The van der Waals surface area contributed by atoms with Crippen LogP contribution in [0.5, 0.6) is 0 Å². The summed E-state index contributed by atoms with van der Waals surface area (Å²) in [5.41, 5.74) is 4.92. The highest BCUT2D eigenvalue weighted by Gasteiger charge is 2.42. The number of allylic oxidation sites excluding steroid dienone is 2. The topological polar surface area (TPSA) is 59.8 Å². The second kappa shape index (κ2) is 6.87. The molecule has 6 heteroatoms. The zero-order chi connectivity index (χ0) is 21.9. The third kappa shape index (κ3) is 3.26. The van der Waals surface area contributed by atoms with Gasteiger partial charge >= 0.3 is 0 Å². The van der Waals surface area contributed by atoms with Gasteiger partial charge in [0, 0.05) is 28.8 Å². The molecule has 1 atom stereocenters. The van der Waals surface area contributed by atoms with Crippen LogP contribution in [0, 0.1) is 25.1 Å². The molecule has 0 bridgehead atoms. The Balaban J connectivity index is 1.70. The van der Waals surface area contributed by atoms with Crippen LogP contribution in [-0.2, 0) is 4.79 Å². The molecule has 2 heterocycles. The quantitative estimate of drug-likeness (QED) is 0.611. The number of aromatic nitrogens is 3. The molecular formula is C25H25FN4O. The van der Waals surface area contributed by atoms with Gasteiger partial charge in [-0.25, -0.2) is 9.07 Å². The summed E-state index contributed by atoms with van der Waals surface area (Å²) in [4.78, 5) is 18.0. The lowest BCUT2D eigenvalue weighted by Gasteiger charge is -2.38. The Bertz CT molecular complexity index is 1250. The van der Waals surface area contributed by atoms with Crippen molar-refractivity contribution in [2.45, 2.75) is 46.6 Å². The van der Waals surface area contributed by atoms with E-state index >= 15 is 0 Å². The van der Waals surface area contributed by atoms with Gasteiger partial charge in [0.2, 0.25) is 5.95 Å². The molecule has 0 saturated carbocycles. The minimum Gasteiger partial charge on any atom is -0.328 e. The molecule has 0 fully saturated rings. The van der Waals surface area contributed by atoms with Crippen LogP contribution in [0.1, 0.15) is 49.4 Å². The first-order valence-corrected chi connectivity index (χ1v) is 10.6. The first-order chi connectivity index (χ1) is 14.7. The summed E-state index contributed by atoms with van der Waals surface area (Å²) in [5, 5.41) is 8.09. The zero-order valence-electron chi connectivity index (χ0n) is 18.2. The normalized spacial score (nSPS) is 19.6. The fourth-order valence-electron chi connectivity index (χ4n) is 4.60. The van der Waals surface area contributed by atoms with Crippen LogP contribution in [0.3, 0.4) is 0 Å². The van der Waals surface area contributed by atoms with E-state index in [1.54, 1.807) is 22.9 Å². The highest BCUT2D eigenvalue weighted by molar-refractivity contribution is 6.00. The Morgan fingerprint density at radius 2 is 1.87 bits per heavy atom. The van der Waals surface area contributed by atoms with Crippen molar-refractivity contribution in [1.82, 2.24) is 14.8 Å². The number of halogens is 1. The summed E-state index contributed by atoms with van der Waals surface area (Å²) >= 11 is 0. The van der Waals surface area contributed by atoms with Crippen molar-refractivity contribution in [2.75, 3.05) is 5.32 Å². The number of nitrogens with zero attached hydrogens (tertiary/aromatic N) is 3. The van der Waals surface area contributed by atoms with E-state index in [2.05, 4.69) is 39.1 Å². The number of ketones is 1. The van der Waals surface area contributed by atoms with Gasteiger partial charge in [-0.05, 0) is 48.9 Å². The van der Waals surface area contributed by atoms with Crippen LogP contribution in [0.25, 0.3) is 11.4 Å². The van der Waals surface area contributed by atoms with Crippen LogP contribution >= 0.6 is 0 Å². The fourth-order valence-corrected chi connectivity index (χ4v) is 4.60. The van der Waals surface area contributed by atoms with Crippen molar-refractivity contribution in [2.24, 2.45) is 5.41 Å². The number of benzene rings is 2. The first-order valence-electron chi connectivity index (χ1n) is 10.6. The molecule has 1 aliphatic heterocycles. The van der Waals surface area contributed by atoms with E-state index < -0.39 is 6.04 Å². The lowest BCUT2D eigenvalue weighted by Crippen LogP contribution is -2.36. The van der Waals surface area contributed by atoms with E-state index in [0.717, 1.165) is 16.8 Å². The predicted molar refractivity (Wildman–Crippen MR) is 118 cm³/mol. The Morgan fingerprint density at radius 1 is 1.10 bits per heavy atom. The average molecular weight is 417 g/mol. The van der Waals surface area contributed by atoms with Crippen LogP contribution in [0.4, 0.5) is 10.3 Å². The second-order valence-corrected chi connectivity index (χ2v) is 9.38. The maximum absolute atomic E-state index is 14.9. The van der Waals surface area contributed by atoms with Crippen LogP contribution in [-0.4, -0.2) is 20.5 Å². The maximum Gasteiger partial charge on any atom is 0.226 e. The molecule has 1 aliphatic carbocycles. The Kier molecular flexibility index (Phi) is 4.36. The van der Waals surface area contributed by atoms with E-state index in [-0.39, 0.29) is 17.0 Å². The van der Waals surface area contributed by atoms with Gasteiger partial charge in [0.25, 0.3) is 0 Å². The molecular weight excluding hydrogens is 391 g/mol. The van der Waals surface area contributed by atoms with Crippen LogP contribution < -0.4 is 5.32 Å². The molecule has 1 unspecified atom stereocenters. The molecule has 5 rings (SSSR count). The molecule has 31 heavy (non-hydrogen) atoms. The van der Waals surface area contributed by atoms with Crippen molar-refractivity contribution >= 4 is 11.7 Å². The van der Waals surface area contributed by atoms with E-state index in [1.807, 2.05) is 12.1 Å². The predicted octanol–water partition coefficient (Wildman–Crippen LogP) is 5.36. The van der Waals surface area contributed by atoms with Gasteiger partial charge in [0.05, 0.1) is 0 Å². The summed E-state index contributed by atoms with van der Waals surface area (Å²) in [6.45, 7) is 8.27. The van der Waals surface area contributed by atoms with Crippen molar-refractivity contribution in [3.05, 3.63) is 76.2 Å². The van der Waals surface area contributed by atoms with Crippen LogP contribution in [0.2, 0.25) is 0 Å². The van der Waals surface area contributed by atoms with Gasteiger partial charge in [-0.15, -0.1) is 5.10 Å². The first kappa shape index (κ1) is 19.7. The number of hydrogen-bond acceptors (Lipinski definition) is 4. The van der Waals surface area contributed by atoms with E-state index in [4.69, 9.17) is 10.1 Å². The molecule has 0 radical (unpaired) electrons. The lowest BCUT2D eigenvalue weighted by molar-refractivity contribution is -0.118. The number of carbonyl (C=O) groups excluding carboxylic acids is 1. The summed E-state index contributed by atoms with van der Waals surface area (Å²) in [6.07, 6.45) is 1.12. The highest BCUT2D eigenvalue weighted by atomic mass is 19.1. The minimum absolute atomic E-state index is 0.0286. The van der Waals surface area contributed by atoms with Crippen molar-refractivity contribution in [1.29, 1.82) is 0 Å². The molecule has 1 N–H and O–H groups in total. The maximum atomic E-state index is 14.9. The Labute approximate surface area is 181 Å². The molecule has 0 saturated heterocycles. The monoisotopic (exact) mass is 416 g/mol. The number of Topliss-reactive ketones (excluding diaryl/α,β-unsaturated/α-hetero) is 1. The number of anilines is 1. The number of rotatable bonds is 2. The molecule has 158 valence electrons. The number of aryl methyl sites for hydroxylation is 2. The summed E-state index contributed by atoms with van der Waals surface area (Å²) < 4.78 is 16.6. The van der Waals surface area contributed by atoms with Gasteiger partial charge in [0.1, 0.15) is 11.9 Å². The number of hydrogen-bond donors (Lipinski definition) is 1. The minimum atomic E-state index is -0.635. The number of nitrogens with one attached hydrogen (secondary N) is 1. The largest absolute Gasteiger partial charge is 0.328 e. The third-order valence-corrected chi connectivity index (χ3v) is 6.30. The molecule has 0 amide bonds. The summed E-state index contributed by atoms with van der Waals surface area (Å²) in [6, 6.07) is 12.0. The van der Waals surface area contributed by atoms with Gasteiger partial charge in [-0.1, -0.05) is 44.2 Å². The van der Waals surface area contributed by atoms with E-state index in [9.17, 15) is 9.18 Å². The molecule has 1 aromatic heterocycles. The van der Waals surface area contributed by atoms with E-state index in [0.29, 0.717) is 35.8 Å². The van der Waals surface area contributed by atoms with E-state index in [1.165, 1.54) is 11.6 Å². The SMILES string of the molecule is Cc1ccc(-c2nc3n(n2)C(c2ccccc2F)C2=C(CC(C)(C)CC2=O)N3)cc1C. The summed E-state index contributed by atoms with van der Waals surface area (Å²) in [7, 11) is 0.